The number of hydrogen-bond acceptors (Lipinski definition) is 2. The van der Waals surface area contributed by atoms with Gasteiger partial charge >= 0.3 is 0 Å². The van der Waals surface area contributed by atoms with Gasteiger partial charge in [0.2, 0.25) is 0 Å². The fourth-order valence-corrected chi connectivity index (χ4v) is 3.45. The fraction of sp³-hybridized carbons (Fsp3) is 1.00. The molecule has 2 N–H and O–H groups in total. The molecular formula is C13H25NO. The summed E-state index contributed by atoms with van der Waals surface area (Å²) in [6, 6.07) is 0. The van der Waals surface area contributed by atoms with Crippen molar-refractivity contribution in [3.05, 3.63) is 0 Å². The van der Waals surface area contributed by atoms with Crippen molar-refractivity contribution < 1.29 is 4.74 Å². The van der Waals surface area contributed by atoms with Crippen LogP contribution < -0.4 is 5.73 Å². The number of hydrogen-bond donors (Lipinski definition) is 1. The molecule has 2 aliphatic rings. The van der Waals surface area contributed by atoms with Crippen LogP contribution in [0.4, 0.5) is 0 Å². The second-order valence-corrected chi connectivity index (χ2v) is 5.42. The Morgan fingerprint density at radius 3 is 2.80 bits per heavy atom. The summed E-state index contributed by atoms with van der Waals surface area (Å²) in [7, 11) is 0. The summed E-state index contributed by atoms with van der Waals surface area (Å²) in [4.78, 5) is 0. The predicted molar refractivity (Wildman–Crippen MR) is 62.8 cm³/mol. The zero-order valence-corrected chi connectivity index (χ0v) is 10.0. The van der Waals surface area contributed by atoms with Crippen LogP contribution in [0.25, 0.3) is 0 Å². The molecule has 2 nitrogen and oxygen atoms in total. The summed E-state index contributed by atoms with van der Waals surface area (Å²) >= 11 is 0. The van der Waals surface area contributed by atoms with Gasteiger partial charge < -0.3 is 10.5 Å². The monoisotopic (exact) mass is 211 g/mol. The zero-order chi connectivity index (χ0) is 10.7. The van der Waals surface area contributed by atoms with Crippen molar-refractivity contribution in [1.29, 1.82) is 0 Å². The number of ether oxygens (including phenoxy) is 1. The van der Waals surface area contributed by atoms with Crippen LogP contribution in [0.5, 0.6) is 0 Å². The van der Waals surface area contributed by atoms with Gasteiger partial charge in [-0.15, -0.1) is 0 Å². The maximum absolute atomic E-state index is 6.61. The van der Waals surface area contributed by atoms with Crippen molar-refractivity contribution in [2.75, 3.05) is 6.61 Å². The summed E-state index contributed by atoms with van der Waals surface area (Å²) in [6.07, 6.45) is 10.5. The Bertz CT molecular complexity index is 201. The molecule has 88 valence electrons. The third-order valence-corrected chi connectivity index (χ3v) is 4.38. The van der Waals surface area contributed by atoms with Gasteiger partial charge in [0.15, 0.2) is 0 Å². The smallest absolute Gasteiger partial charge is 0.0593 e. The molecule has 2 fully saturated rings. The highest BCUT2D eigenvalue weighted by atomic mass is 16.5. The quantitative estimate of drug-likeness (QED) is 0.779. The molecule has 2 rings (SSSR count). The van der Waals surface area contributed by atoms with E-state index in [4.69, 9.17) is 10.5 Å². The third-order valence-electron chi connectivity index (χ3n) is 4.38. The molecule has 0 aromatic carbocycles. The third kappa shape index (κ3) is 2.54. The molecule has 0 amide bonds. The molecule has 0 aromatic rings. The summed E-state index contributed by atoms with van der Waals surface area (Å²) < 4.78 is 5.73. The normalized spacial score (nSPS) is 42.0. The Morgan fingerprint density at radius 2 is 2.13 bits per heavy atom. The van der Waals surface area contributed by atoms with Gasteiger partial charge in [0, 0.05) is 12.1 Å². The van der Waals surface area contributed by atoms with Crippen LogP contribution in [0.3, 0.4) is 0 Å². The van der Waals surface area contributed by atoms with Crippen LogP contribution in [0.1, 0.15) is 58.3 Å². The number of rotatable bonds is 3. The van der Waals surface area contributed by atoms with E-state index in [2.05, 4.69) is 6.92 Å². The Hall–Kier alpha value is -0.0800. The lowest BCUT2D eigenvalue weighted by atomic mass is 9.69. The second-order valence-electron chi connectivity index (χ2n) is 5.42. The highest BCUT2D eigenvalue weighted by Crippen LogP contribution is 2.38. The van der Waals surface area contributed by atoms with Crippen LogP contribution in [-0.2, 0) is 4.74 Å². The van der Waals surface area contributed by atoms with E-state index < -0.39 is 0 Å². The highest BCUT2D eigenvalue weighted by Gasteiger charge is 2.38. The Morgan fingerprint density at radius 1 is 1.27 bits per heavy atom. The summed E-state index contributed by atoms with van der Waals surface area (Å²) in [5, 5.41) is 0. The first-order valence-electron chi connectivity index (χ1n) is 6.65. The van der Waals surface area contributed by atoms with Gasteiger partial charge in [0.25, 0.3) is 0 Å². The van der Waals surface area contributed by atoms with E-state index in [9.17, 15) is 0 Å². The minimum Gasteiger partial charge on any atom is -0.378 e. The molecule has 1 saturated carbocycles. The Kier molecular flexibility index (Phi) is 3.68. The van der Waals surface area contributed by atoms with E-state index in [-0.39, 0.29) is 5.54 Å². The van der Waals surface area contributed by atoms with Gasteiger partial charge in [0.1, 0.15) is 0 Å². The minimum absolute atomic E-state index is 0.0853. The van der Waals surface area contributed by atoms with Crippen molar-refractivity contribution in [2.24, 2.45) is 11.7 Å². The molecule has 0 spiro atoms. The summed E-state index contributed by atoms with van der Waals surface area (Å²) in [5.74, 6) is 0.732. The SMILES string of the molecule is CCC1CCCCC1(N)CC1CCCO1. The molecule has 3 atom stereocenters. The minimum atomic E-state index is 0.0853. The summed E-state index contributed by atoms with van der Waals surface area (Å²) in [6.45, 7) is 3.24. The maximum atomic E-state index is 6.61. The van der Waals surface area contributed by atoms with Crippen molar-refractivity contribution in [3.8, 4) is 0 Å². The molecular weight excluding hydrogens is 186 g/mol. The molecule has 1 aliphatic heterocycles. The van der Waals surface area contributed by atoms with Gasteiger partial charge in [-0.25, -0.2) is 0 Å². The Labute approximate surface area is 93.6 Å². The average Bonchev–Trinajstić information content (AvgIpc) is 2.70. The molecule has 15 heavy (non-hydrogen) atoms. The molecule has 0 aromatic heterocycles. The van der Waals surface area contributed by atoms with E-state index in [0.717, 1.165) is 18.9 Å². The van der Waals surface area contributed by atoms with Crippen LogP contribution in [-0.4, -0.2) is 18.2 Å². The van der Waals surface area contributed by atoms with Gasteiger partial charge in [-0.3, -0.25) is 0 Å². The lowest BCUT2D eigenvalue weighted by Gasteiger charge is -2.42. The van der Waals surface area contributed by atoms with E-state index in [1.165, 1.54) is 44.9 Å². The Balaban J connectivity index is 1.95. The van der Waals surface area contributed by atoms with Crippen LogP contribution in [0.2, 0.25) is 0 Å². The van der Waals surface area contributed by atoms with Crippen LogP contribution >= 0.6 is 0 Å². The molecule has 1 heterocycles. The van der Waals surface area contributed by atoms with E-state index >= 15 is 0 Å². The van der Waals surface area contributed by atoms with Crippen molar-refractivity contribution in [2.45, 2.75) is 69.9 Å². The standard InChI is InChI=1S/C13H25NO/c1-2-11-6-3-4-8-13(11,14)10-12-7-5-9-15-12/h11-12H,2-10,14H2,1H3. The zero-order valence-electron chi connectivity index (χ0n) is 10.0. The highest BCUT2D eigenvalue weighted by molar-refractivity contribution is 4.96. The van der Waals surface area contributed by atoms with Crippen molar-refractivity contribution >= 4 is 0 Å². The molecule has 0 bridgehead atoms. The van der Waals surface area contributed by atoms with Crippen molar-refractivity contribution in [3.63, 3.8) is 0 Å². The number of nitrogens with two attached hydrogens (primary N) is 1. The van der Waals surface area contributed by atoms with Gasteiger partial charge in [-0.2, -0.15) is 0 Å². The molecule has 2 heteroatoms. The largest absolute Gasteiger partial charge is 0.378 e. The molecule has 0 radical (unpaired) electrons. The van der Waals surface area contributed by atoms with E-state index in [1.807, 2.05) is 0 Å². The fourth-order valence-electron chi connectivity index (χ4n) is 3.45. The van der Waals surface area contributed by atoms with Gasteiger partial charge in [-0.1, -0.05) is 26.2 Å². The summed E-state index contributed by atoms with van der Waals surface area (Å²) in [5.41, 5.74) is 6.70. The van der Waals surface area contributed by atoms with E-state index in [0.29, 0.717) is 6.10 Å². The van der Waals surface area contributed by atoms with Gasteiger partial charge in [0.05, 0.1) is 6.10 Å². The molecule has 3 unspecified atom stereocenters. The van der Waals surface area contributed by atoms with E-state index in [1.54, 1.807) is 0 Å². The average molecular weight is 211 g/mol. The predicted octanol–water partition coefficient (Wildman–Crippen LogP) is 2.85. The lowest BCUT2D eigenvalue weighted by molar-refractivity contribution is 0.0540. The van der Waals surface area contributed by atoms with Gasteiger partial charge in [-0.05, 0) is 38.0 Å². The van der Waals surface area contributed by atoms with Crippen LogP contribution in [0, 0.1) is 5.92 Å². The topological polar surface area (TPSA) is 35.2 Å². The molecule has 1 saturated heterocycles. The first kappa shape index (κ1) is 11.4. The first-order valence-corrected chi connectivity index (χ1v) is 6.65. The van der Waals surface area contributed by atoms with Crippen LogP contribution in [0.15, 0.2) is 0 Å². The maximum Gasteiger partial charge on any atom is 0.0593 e. The second kappa shape index (κ2) is 4.84. The lowest BCUT2D eigenvalue weighted by Crippen LogP contribution is -2.51. The first-order chi connectivity index (χ1) is 7.24. The molecule has 1 aliphatic carbocycles. The van der Waals surface area contributed by atoms with Crippen molar-refractivity contribution in [1.82, 2.24) is 0 Å².